The van der Waals surface area contributed by atoms with Gasteiger partial charge >= 0.3 is 0 Å². The van der Waals surface area contributed by atoms with Crippen LogP contribution in [0.3, 0.4) is 0 Å². The van der Waals surface area contributed by atoms with E-state index in [1.807, 2.05) is 12.5 Å². The largest absolute Gasteiger partial charge is 0.381 e. The van der Waals surface area contributed by atoms with E-state index in [0.717, 1.165) is 25.7 Å². The van der Waals surface area contributed by atoms with Crippen LogP contribution in [0, 0.1) is 5.92 Å². The molecule has 2 heterocycles. The second-order valence-corrected chi connectivity index (χ2v) is 5.51. The highest BCUT2D eigenvalue weighted by atomic mass is 16.5. The molecule has 1 N–H and O–H groups in total. The summed E-state index contributed by atoms with van der Waals surface area (Å²) < 4.78 is 7.63. The number of nitrogens with one attached hydrogen (secondary N) is 1. The molecule has 1 aromatic rings. The summed E-state index contributed by atoms with van der Waals surface area (Å²) in [7, 11) is 0. The summed E-state index contributed by atoms with van der Waals surface area (Å²) in [6.07, 6.45) is 6.24. The Morgan fingerprint density at radius 3 is 2.78 bits per heavy atom. The van der Waals surface area contributed by atoms with E-state index in [9.17, 15) is 0 Å². The topological polar surface area (TPSA) is 39.1 Å². The average molecular weight is 251 g/mol. The van der Waals surface area contributed by atoms with Crippen molar-refractivity contribution < 1.29 is 4.74 Å². The molecule has 0 saturated carbocycles. The second-order valence-electron chi connectivity index (χ2n) is 5.51. The van der Waals surface area contributed by atoms with Crippen molar-refractivity contribution in [1.29, 1.82) is 0 Å². The lowest BCUT2D eigenvalue weighted by atomic mass is 9.93. The average Bonchev–Trinajstić information content (AvgIpc) is 2.85. The molecule has 0 aromatic carbocycles. The molecule has 0 amide bonds. The summed E-state index contributed by atoms with van der Waals surface area (Å²) in [4.78, 5) is 4.24. The molecule has 18 heavy (non-hydrogen) atoms. The predicted octanol–water partition coefficient (Wildman–Crippen LogP) is 2.37. The molecular formula is C14H25N3O. The van der Waals surface area contributed by atoms with Crippen molar-refractivity contribution in [2.45, 2.75) is 52.2 Å². The van der Waals surface area contributed by atoms with Gasteiger partial charge in [-0.1, -0.05) is 0 Å². The molecule has 0 bridgehead atoms. The van der Waals surface area contributed by atoms with Crippen LogP contribution in [-0.4, -0.2) is 28.8 Å². The maximum absolute atomic E-state index is 5.41. The lowest BCUT2D eigenvalue weighted by molar-refractivity contribution is 0.0557. The summed E-state index contributed by atoms with van der Waals surface area (Å²) in [5, 5.41) is 3.63. The molecule has 4 nitrogen and oxygen atoms in total. The third-order valence-electron chi connectivity index (χ3n) is 3.88. The van der Waals surface area contributed by atoms with Gasteiger partial charge in [0.05, 0.1) is 12.0 Å². The van der Waals surface area contributed by atoms with Crippen molar-refractivity contribution in [2.75, 3.05) is 13.2 Å². The summed E-state index contributed by atoms with van der Waals surface area (Å²) in [5.74, 6) is 0.745. The van der Waals surface area contributed by atoms with Gasteiger partial charge in [0.15, 0.2) is 0 Å². The van der Waals surface area contributed by atoms with Crippen LogP contribution in [0.4, 0.5) is 0 Å². The highest BCUT2D eigenvalue weighted by Crippen LogP contribution is 2.19. The zero-order chi connectivity index (χ0) is 13.0. The van der Waals surface area contributed by atoms with E-state index in [4.69, 9.17) is 4.74 Å². The van der Waals surface area contributed by atoms with Gasteiger partial charge in [-0.3, -0.25) is 0 Å². The first-order valence-electron chi connectivity index (χ1n) is 7.00. The van der Waals surface area contributed by atoms with Gasteiger partial charge in [0, 0.05) is 38.0 Å². The Labute approximate surface area is 110 Å². The van der Waals surface area contributed by atoms with Crippen LogP contribution in [-0.2, 0) is 11.3 Å². The van der Waals surface area contributed by atoms with E-state index in [1.165, 1.54) is 18.5 Å². The van der Waals surface area contributed by atoms with Gasteiger partial charge in [-0.05, 0) is 39.5 Å². The lowest BCUT2D eigenvalue weighted by Crippen LogP contribution is -2.36. The Balaban J connectivity index is 1.84. The predicted molar refractivity (Wildman–Crippen MR) is 72.5 cm³/mol. The van der Waals surface area contributed by atoms with Crippen molar-refractivity contribution >= 4 is 0 Å². The van der Waals surface area contributed by atoms with E-state index in [-0.39, 0.29) is 0 Å². The fourth-order valence-corrected chi connectivity index (χ4v) is 2.58. The first kappa shape index (κ1) is 13.6. The normalized spacial score (nSPS) is 19.3. The van der Waals surface area contributed by atoms with Crippen molar-refractivity contribution in [1.82, 2.24) is 14.9 Å². The molecule has 1 unspecified atom stereocenters. The van der Waals surface area contributed by atoms with Gasteiger partial charge in [-0.25, -0.2) is 4.98 Å². The Kier molecular flexibility index (Phi) is 4.78. The molecule has 1 aliphatic heterocycles. The van der Waals surface area contributed by atoms with Gasteiger partial charge < -0.3 is 14.6 Å². The zero-order valence-corrected chi connectivity index (χ0v) is 11.7. The van der Waals surface area contributed by atoms with E-state index in [2.05, 4.69) is 35.6 Å². The standard InChI is InChI=1S/C14H25N3O/c1-11(2)17-10-15-8-14(17)9-16-12(3)13-4-6-18-7-5-13/h8,10-13,16H,4-7,9H2,1-3H3. The molecule has 1 atom stereocenters. The number of hydrogen-bond acceptors (Lipinski definition) is 3. The van der Waals surface area contributed by atoms with Crippen LogP contribution in [0.15, 0.2) is 12.5 Å². The first-order valence-corrected chi connectivity index (χ1v) is 7.00. The molecule has 1 aromatic heterocycles. The van der Waals surface area contributed by atoms with Crippen LogP contribution < -0.4 is 5.32 Å². The smallest absolute Gasteiger partial charge is 0.0951 e. The Hall–Kier alpha value is -0.870. The van der Waals surface area contributed by atoms with Crippen LogP contribution >= 0.6 is 0 Å². The summed E-state index contributed by atoms with van der Waals surface area (Å²) in [6.45, 7) is 9.39. The molecule has 0 aliphatic carbocycles. The highest BCUT2D eigenvalue weighted by molar-refractivity contribution is 4.99. The summed E-state index contributed by atoms with van der Waals surface area (Å²) in [5.41, 5.74) is 1.27. The first-order chi connectivity index (χ1) is 8.68. The van der Waals surface area contributed by atoms with Crippen molar-refractivity contribution in [3.63, 3.8) is 0 Å². The van der Waals surface area contributed by atoms with Gasteiger partial charge in [0.2, 0.25) is 0 Å². The molecule has 1 aliphatic rings. The summed E-state index contributed by atoms with van der Waals surface area (Å²) in [6, 6.07) is 1.02. The van der Waals surface area contributed by atoms with Gasteiger partial charge in [-0.2, -0.15) is 0 Å². The number of nitrogens with zero attached hydrogens (tertiary/aromatic N) is 2. The van der Waals surface area contributed by atoms with E-state index in [0.29, 0.717) is 12.1 Å². The molecule has 4 heteroatoms. The van der Waals surface area contributed by atoms with Crippen LogP contribution in [0.2, 0.25) is 0 Å². The molecule has 1 saturated heterocycles. The number of ether oxygens (including phenoxy) is 1. The van der Waals surface area contributed by atoms with Crippen LogP contribution in [0.5, 0.6) is 0 Å². The lowest BCUT2D eigenvalue weighted by Gasteiger charge is -2.28. The Morgan fingerprint density at radius 1 is 1.39 bits per heavy atom. The van der Waals surface area contributed by atoms with E-state index in [1.54, 1.807) is 0 Å². The highest BCUT2D eigenvalue weighted by Gasteiger charge is 2.20. The zero-order valence-electron chi connectivity index (χ0n) is 11.7. The van der Waals surface area contributed by atoms with Gasteiger partial charge in [0.25, 0.3) is 0 Å². The van der Waals surface area contributed by atoms with E-state index < -0.39 is 0 Å². The minimum atomic E-state index is 0.475. The Morgan fingerprint density at radius 2 is 2.11 bits per heavy atom. The molecule has 0 spiro atoms. The van der Waals surface area contributed by atoms with Gasteiger partial charge in [-0.15, -0.1) is 0 Å². The number of aromatic nitrogens is 2. The van der Waals surface area contributed by atoms with Crippen LogP contribution in [0.25, 0.3) is 0 Å². The second kappa shape index (κ2) is 6.34. The minimum Gasteiger partial charge on any atom is -0.381 e. The maximum Gasteiger partial charge on any atom is 0.0951 e. The molecule has 1 fully saturated rings. The summed E-state index contributed by atoms with van der Waals surface area (Å²) >= 11 is 0. The van der Waals surface area contributed by atoms with Crippen molar-refractivity contribution in [3.05, 3.63) is 18.2 Å². The maximum atomic E-state index is 5.41. The molecular weight excluding hydrogens is 226 g/mol. The number of rotatable bonds is 5. The van der Waals surface area contributed by atoms with Crippen molar-refractivity contribution in [2.24, 2.45) is 5.92 Å². The minimum absolute atomic E-state index is 0.475. The third-order valence-corrected chi connectivity index (χ3v) is 3.88. The number of hydrogen-bond donors (Lipinski definition) is 1. The molecule has 2 rings (SSSR count). The molecule has 102 valence electrons. The van der Waals surface area contributed by atoms with Crippen molar-refractivity contribution in [3.8, 4) is 0 Å². The Bertz CT molecular complexity index is 356. The van der Waals surface area contributed by atoms with Gasteiger partial charge in [0.1, 0.15) is 0 Å². The monoisotopic (exact) mass is 251 g/mol. The SMILES string of the molecule is CC(NCc1cncn1C(C)C)C1CCOCC1. The number of imidazole rings is 1. The third kappa shape index (κ3) is 3.33. The fourth-order valence-electron chi connectivity index (χ4n) is 2.58. The quantitative estimate of drug-likeness (QED) is 0.873. The van der Waals surface area contributed by atoms with E-state index >= 15 is 0 Å². The molecule has 0 radical (unpaired) electrons. The fraction of sp³-hybridized carbons (Fsp3) is 0.786. The van der Waals surface area contributed by atoms with Crippen LogP contribution in [0.1, 0.15) is 45.3 Å².